The van der Waals surface area contributed by atoms with Crippen LogP contribution in [0.3, 0.4) is 0 Å². The van der Waals surface area contributed by atoms with Crippen molar-refractivity contribution in [1.29, 1.82) is 0 Å². The third-order valence-corrected chi connectivity index (χ3v) is 4.75. The van der Waals surface area contributed by atoms with Crippen LogP contribution in [0.15, 0.2) is 12.4 Å². The van der Waals surface area contributed by atoms with E-state index in [-0.39, 0.29) is 11.3 Å². The van der Waals surface area contributed by atoms with E-state index in [1.807, 2.05) is 4.90 Å². The van der Waals surface area contributed by atoms with Gasteiger partial charge in [-0.3, -0.25) is 9.89 Å². The zero-order chi connectivity index (χ0) is 13.3. The summed E-state index contributed by atoms with van der Waals surface area (Å²) in [6.45, 7) is 1.68. The number of H-pyrrole nitrogens is 1. The summed E-state index contributed by atoms with van der Waals surface area (Å²) in [6, 6.07) is 0. The minimum atomic E-state index is 0.0922. The van der Waals surface area contributed by atoms with E-state index in [9.17, 15) is 4.79 Å². The minimum Gasteiger partial charge on any atom is -0.381 e. The first-order valence-electron chi connectivity index (χ1n) is 7.06. The molecule has 2 atom stereocenters. The quantitative estimate of drug-likeness (QED) is 0.885. The Hall–Kier alpha value is -1.36. The fraction of sp³-hybridized carbons (Fsp3) is 0.714. The Balaban J connectivity index is 1.76. The van der Waals surface area contributed by atoms with Crippen molar-refractivity contribution in [3.8, 4) is 0 Å². The Morgan fingerprint density at radius 2 is 2.37 bits per heavy atom. The van der Waals surface area contributed by atoms with Crippen molar-refractivity contribution in [2.45, 2.75) is 38.2 Å². The number of piperidine rings is 1. The molecule has 0 aromatic carbocycles. The standard InChI is InChI=1S/C14H21N3O2/c1-19-12-4-2-5-14(12)6-3-7-17(10-14)13(18)11-8-15-16-9-11/h8-9,12H,2-7,10H2,1H3,(H,15,16)/t12-,14-/m1/s1. The smallest absolute Gasteiger partial charge is 0.257 e. The average Bonchev–Trinajstić information content (AvgIpc) is 3.08. The number of ether oxygens (including phenoxy) is 1. The van der Waals surface area contributed by atoms with Gasteiger partial charge in [-0.1, -0.05) is 6.42 Å². The van der Waals surface area contributed by atoms with Gasteiger partial charge < -0.3 is 9.64 Å². The molecule has 1 aromatic heterocycles. The number of nitrogens with one attached hydrogen (secondary N) is 1. The van der Waals surface area contributed by atoms with Gasteiger partial charge in [0.25, 0.3) is 5.91 Å². The van der Waals surface area contributed by atoms with Crippen LogP contribution in [0.4, 0.5) is 0 Å². The highest BCUT2D eigenvalue weighted by Gasteiger charge is 2.46. The number of likely N-dealkylation sites (tertiary alicyclic amines) is 1. The average molecular weight is 263 g/mol. The molecule has 1 spiro atoms. The van der Waals surface area contributed by atoms with Gasteiger partial charge in [-0.2, -0.15) is 5.10 Å². The number of aromatic amines is 1. The van der Waals surface area contributed by atoms with Gasteiger partial charge in [-0.05, 0) is 25.7 Å². The maximum Gasteiger partial charge on any atom is 0.257 e. The van der Waals surface area contributed by atoms with E-state index in [1.54, 1.807) is 19.5 Å². The van der Waals surface area contributed by atoms with Crippen LogP contribution < -0.4 is 0 Å². The van der Waals surface area contributed by atoms with Crippen LogP contribution in [0.25, 0.3) is 0 Å². The van der Waals surface area contributed by atoms with Crippen molar-refractivity contribution in [2.24, 2.45) is 5.41 Å². The molecule has 2 aliphatic rings. The van der Waals surface area contributed by atoms with Crippen molar-refractivity contribution < 1.29 is 9.53 Å². The molecular weight excluding hydrogens is 242 g/mol. The summed E-state index contributed by atoms with van der Waals surface area (Å²) in [5.41, 5.74) is 0.843. The minimum absolute atomic E-state index is 0.0922. The Morgan fingerprint density at radius 3 is 3.11 bits per heavy atom. The van der Waals surface area contributed by atoms with E-state index in [0.29, 0.717) is 11.7 Å². The molecule has 1 aliphatic carbocycles. The third-order valence-electron chi connectivity index (χ3n) is 4.75. The van der Waals surface area contributed by atoms with E-state index in [2.05, 4.69) is 10.2 Å². The lowest BCUT2D eigenvalue weighted by Crippen LogP contribution is -2.49. The number of amides is 1. The highest BCUT2D eigenvalue weighted by molar-refractivity contribution is 5.93. The zero-order valence-corrected chi connectivity index (χ0v) is 11.4. The normalized spacial score (nSPS) is 31.0. The lowest BCUT2D eigenvalue weighted by molar-refractivity contribution is -0.0295. The van der Waals surface area contributed by atoms with Crippen molar-refractivity contribution in [3.05, 3.63) is 18.0 Å². The fourth-order valence-electron chi connectivity index (χ4n) is 3.83. The van der Waals surface area contributed by atoms with Gasteiger partial charge >= 0.3 is 0 Å². The molecule has 0 unspecified atom stereocenters. The van der Waals surface area contributed by atoms with Crippen LogP contribution >= 0.6 is 0 Å². The Morgan fingerprint density at radius 1 is 1.53 bits per heavy atom. The van der Waals surface area contributed by atoms with Crippen molar-refractivity contribution in [3.63, 3.8) is 0 Å². The van der Waals surface area contributed by atoms with E-state index in [1.165, 1.54) is 19.3 Å². The van der Waals surface area contributed by atoms with Crippen molar-refractivity contribution in [1.82, 2.24) is 15.1 Å². The number of hydrogen-bond acceptors (Lipinski definition) is 3. The molecule has 2 fully saturated rings. The van der Waals surface area contributed by atoms with E-state index >= 15 is 0 Å². The van der Waals surface area contributed by atoms with E-state index in [0.717, 1.165) is 25.9 Å². The number of nitrogens with zero attached hydrogens (tertiary/aromatic N) is 2. The van der Waals surface area contributed by atoms with E-state index < -0.39 is 0 Å². The maximum absolute atomic E-state index is 12.4. The molecule has 19 heavy (non-hydrogen) atoms. The highest BCUT2D eigenvalue weighted by Crippen LogP contribution is 2.46. The topological polar surface area (TPSA) is 58.2 Å². The monoisotopic (exact) mass is 263 g/mol. The number of carbonyl (C=O) groups excluding carboxylic acids is 1. The second-order valence-electron chi connectivity index (χ2n) is 5.80. The number of aromatic nitrogens is 2. The van der Waals surface area contributed by atoms with Gasteiger partial charge in [0, 0.05) is 31.8 Å². The predicted octanol–water partition coefficient (Wildman–Crippen LogP) is 1.83. The molecule has 1 saturated carbocycles. The van der Waals surface area contributed by atoms with Crippen LogP contribution in [0.2, 0.25) is 0 Å². The molecule has 1 amide bonds. The lowest BCUT2D eigenvalue weighted by atomic mass is 9.76. The van der Waals surface area contributed by atoms with Gasteiger partial charge in [-0.25, -0.2) is 0 Å². The second-order valence-corrected chi connectivity index (χ2v) is 5.80. The maximum atomic E-state index is 12.4. The van der Waals surface area contributed by atoms with Crippen LogP contribution in [-0.2, 0) is 4.74 Å². The summed E-state index contributed by atoms with van der Waals surface area (Å²) >= 11 is 0. The Labute approximate surface area is 113 Å². The predicted molar refractivity (Wildman–Crippen MR) is 70.8 cm³/mol. The number of carbonyl (C=O) groups is 1. The van der Waals surface area contributed by atoms with Gasteiger partial charge in [0.05, 0.1) is 17.9 Å². The Kier molecular flexibility index (Phi) is 3.31. The van der Waals surface area contributed by atoms with E-state index in [4.69, 9.17) is 4.74 Å². The lowest BCUT2D eigenvalue weighted by Gasteiger charge is -2.43. The molecular formula is C14H21N3O2. The molecule has 2 heterocycles. The number of methoxy groups -OCH3 is 1. The SMILES string of the molecule is CO[C@@H]1CCC[C@]12CCCN(C(=O)c1cn[nH]c1)C2. The molecule has 104 valence electrons. The van der Waals surface area contributed by atoms with Gasteiger partial charge in [-0.15, -0.1) is 0 Å². The third kappa shape index (κ3) is 2.16. The first kappa shape index (κ1) is 12.7. The summed E-state index contributed by atoms with van der Waals surface area (Å²) in [7, 11) is 1.80. The first-order valence-corrected chi connectivity index (χ1v) is 7.06. The molecule has 5 nitrogen and oxygen atoms in total. The Bertz CT molecular complexity index is 446. The fourth-order valence-corrected chi connectivity index (χ4v) is 3.83. The highest BCUT2D eigenvalue weighted by atomic mass is 16.5. The summed E-state index contributed by atoms with van der Waals surface area (Å²) in [5.74, 6) is 0.0922. The van der Waals surface area contributed by atoms with Crippen molar-refractivity contribution in [2.75, 3.05) is 20.2 Å². The molecule has 1 aromatic rings. The van der Waals surface area contributed by atoms with Crippen LogP contribution in [0, 0.1) is 5.41 Å². The van der Waals surface area contributed by atoms with Crippen LogP contribution in [-0.4, -0.2) is 47.3 Å². The summed E-state index contributed by atoms with van der Waals surface area (Å²) < 4.78 is 5.67. The van der Waals surface area contributed by atoms with Gasteiger partial charge in [0.1, 0.15) is 0 Å². The van der Waals surface area contributed by atoms with Crippen LogP contribution in [0.1, 0.15) is 42.5 Å². The summed E-state index contributed by atoms with van der Waals surface area (Å²) in [6.07, 6.45) is 9.37. The number of hydrogen-bond donors (Lipinski definition) is 1. The molecule has 0 radical (unpaired) electrons. The van der Waals surface area contributed by atoms with Gasteiger partial charge in [0.2, 0.25) is 0 Å². The second kappa shape index (κ2) is 4.96. The van der Waals surface area contributed by atoms with Gasteiger partial charge in [0.15, 0.2) is 0 Å². The molecule has 3 rings (SSSR count). The van der Waals surface area contributed by atoms with Crippen LogP contribution in [0.5, 0.6) is 0 Å². The number of rotatable bonds is 2. The summed E-state index contributed by atoms with van der Waals surface area (Å²) in [4.78, 5) is 14.4. The molecule has 0 bridgehead atoms. The molecule has 1 saturated heterocycles. The summed E-state index contributed by atoms with van der Waals surface area (Å²) in [5, 5.41) is 6.57. The van der Waals surface area contributed by atoms with Crippen molar-refractivity contribution >= 4 is 5.91 Å². The molecule has 1 N–H and O–H groups in total. The first-order chi connectivity index (χ1) is 9.25. The zero-order valence-electron chi connectivity index (χ0n) is 11.4. The molecule has 5 heteroatoms. The molecule has 1 aliphatic heterocycles. The largest absolute Gasteiger partial charge is 0.381 e.